The van der Waals surface area contributed by atoms with E-state index in [1.54, 1.807) is 0 Å². The van der Waals surface area contributed by atoms with E-state index in [4.69, 9.17) is 0 Å². The molecule has 0 amide bonds. The van der Waals surface area contributed by atoms with Crippen LogP contribution >= 0.6 is 43.3 Å². The molecule has 0 aliphatic rings. The van der Waals surface area contributed by atoms with Crippen LogP contribution in [0, 0.1) is 0 Å². The average molecular weight is 378 g/mol. The summed E-state index contributed by atoms with van der Waals surface area (Å²) < 4.78 is 35.4. The van der Waals surface area contributed by atoms with Crippen molar-refractivity contribution in [1.29, 1.82) is 0 Å². The van der Waals surface area contributed by atoms with Crippen molar-refractivity contribution in [2.24, 2.45) is 0 Å². The molecule has 0 aliphatic carbocycles. The van der Waals surface area contributed by atoms with Gasteiger partial charge in [-0.25, -0.2) is 4.39 Å². The van der Waals surface area contributed by atoms with Crippen LogP contribution in [0.5, 0.6) is 0 Å². The second-order valence-corrected chi connectivity index (χ2v) is 5.52. The highest BCUT2D eigenvalue weighted by Crippen LogP contribution is 2.47. The topological polar surface area (TPSA) is 0 Å². The Labute approximate surface area is 81.5 Å². The summed E-state index contributed by atoms with van der Waals surface area (Å²) in [5.74, 6) is 0. The Morgan fingerprint density at radius 1 is 1.50 bits per heavy atom. The standard InChI is InChI=1S/C5H7F3I2/c1-3-4(6,9)5(7,8)10-2/h2-3H2,1H3. The molecular weight excluding hydrogens is 371 g/mol. The molecule has 0 rings (SSSR count). The normalized spacial score (nSPS) is 18.5. The zero-order valence-corrected chi connectivity index (χ0v) is 9.62. The first-order valence-electron chi connectivity index (χ1n) is 2.52. The fourth-order valence-electron chi connectivity index (χ4n) is 0.298. The summed E-state index contributed by atoms with van der Waals surface area (Å²) in [7, 11) is 0. The Balaban J connectivity index is 4.43. The second kappa shape index (κ2) is 3.68. The van der Waals surface area contributed by atoms with E-state index in [9.17, 15) is 13.2 Å². The fourth-order valence-corrected chi connectivity index (χ4v) is 2.20. The van der Waals surface area contributed by atoms with Crippen molar-refractivity contribution in [3.05, 3.63) is 0 Å². The average Bonchev–Trinajstić information content (AvgIpc) is 1.88. The van der Waals surface area contributed by atoms with E-state index < -0.39 is 28.3 Å². The van der Waals surface area contributed by atoms with Crippen molar-refractivity contribution >= 4 is 47.8 Å². The quantitative estimate of drug-likeness (QED) is 0.521. The molecule has 0 aromatic rings. The van der Waals surface area contributed by atoms with E-state index in [1.165, 1.54) is 6.92 Å². The third-order valence-electron chi connectivity index (χ3n) is 1.03. The highest BCUT2D eigenvalue weighted by atomic mass is 127. The predicted octanol–water partition coefficient (Wildman–Crippen LogP) is 3.49. The van der Waals surface area contributed by atoms with Gasteiger partial charge in [0.25, 0.3) is 0 Å². The van der Waals surface area contributed by atoms with Crippen molar-refractivity contribution in [2.45, 2.75) is 20.9 Å². The van der Waals surface area contributed by atoms with Gasteiger partial charge in [-0.1, -0.05) is 11.4 Å². The third kappa shape index (κ3) is 2.31. The molecule has 0 radical (unpaired) electrons. The summed E-state index contributed by atoms with van der Waals surface area (Å²) in [5, 5.41) is 0. The van der Waals surface area contributed by atoms with Crippen LogP contribution in [-0.4, -0.2) is 12.1 Å². The first-order valence-corrected chi connectivity index (χ1v) is 6.21. The number of hydrogen-bond donors (Lipinski definition) is 0. The zero-order valence-electron chi connectivity index (χ0n) is 5.30. The minimum Gasteiger partial charge on any atom is -0.225 e. The van der Waals surface area contributed by atoms with Gasteiger partial charge in [0.2, 0.25) is 3.68 Å². The van der Waals surface area contributed by atoms with E-state index in [2.05, 4.69) is 4.51 Å². The van der Waals surface area contributed by atoms with Gasteiger partial charge in [0, 0.05) is 0 Å². The van der Waals surface area contributed by atoms with Crippen molar-refractivity contribution in [3.8, 4) is 0 Å². The largest absolute Gasteiger partial charge is 0.333 e. The number of rotatable bonds is 3. The maximum Gasteiger partial charge on any atom is 0.333 e. The molecule has 0 aromatic heterocycles. The van der Waals surface area contributed by atoms with Crippen LogP contribution < -0.4 is 0 Å². The molecule has 10 heavy (non-hydrogen) atoms. The van der Waals surface area contributed by atoms with Gasteiger partial charge in [-0.05, 0) is 49.7 Å². The molecule has 0 aliphatic heterocycles. The van der Waals surface area contributed by atoms with Gasteiger partial charge < -0.3 is 0 Å². The smallest absolute Gasteiger partial charge is 0.225 e. The van der Waals surface area contributed by atoms with Crippen molar-refractivity contribution in [3.63, 3.8) is 0 Å². The zero-order chi connectivity index (χ0) is 8.41. The van der Waals surface area contributed by atoms with Gasteiger partial charge in [-0.2, -0.15) is 8.78 Å². The molecule has 62 valence electrons. The molecule has 0 aromatic carbocycles. The van der Waals surface area contributed by atoms with E-state index >= 15 is 0 Å². The lowest BCUT2D eigenvalue weighted by molar-refractivity contribution is 0.0195. The lowest BCUT2D eigenvalue weighted by Gasteiger charge is -2.23. The Morgan fingerprint density at radius 3 is 2.00 bits per heavy atom. The number of halogens is 5. The van der Waals surface area contributed by atoms with Crippen LogP contribution in [-0.2, 0) is 0 Å². The Bertz CT molecular complexity index is 133. The first kappa shape index (κ1) is 11.1. The first-order chi connectivity index (χ1) is 4.37. The van der Waals surface area contributed by atoms with Crippen molar-refractivity contribution < 1.29 is 13.2 Å². The fraction of sp³-hybridized carbons (Fsp3) is 0.800. The van der Waals surface area contributed by atoms with Gasteiger partial charge in [-0.15, -0.1) is 0 Å². The van der Waals surface area contributed by atoms with Gasteiger partial charge in [0.05, 0.1) is 0 Å². The minimum absolute atomic E-state index is 0.171. The van der Waals surface area contributed by atoms with Crippen LogP contribution in [0.3, 0.4) is 0 Å². The summed E-state index contributed by atoms with van der Waals surface area (Å²) >= 11 is -0.448. The van der Waals surface area contributed by atoms with Gasteiger partial charge >= 0.3 is 3.93 Å². The van der Waals surface area contributed by atoms with E-state index in [0.717, 1.165) is 22.6 Å². The molecule has 0 nitrogen and oxygen atoms in total. The maximum atomic E-state index is 12.8. The van der Waals surface area contributed by atoms with Gasteiger partial charge in [-0.3, -0.25) is 0 Å². The van der Waals surface area contributed by atoms with E-state index in [1.807, 2.05) is 0 Å². The Morgan fingerprint density at radius 2 is 1.90 bits per heavy atom. The molecule has 0 saturated heterocycles. The molecule has 0 saturated carbocycles. The third-order valence-corrected chi connectivity index (χ3v) is 5.31. The van der Waals surface area contributed by atoms with Crippen LogP contribution in [0.1, 0.15) is 13.3 Å². The molecule has 0 N–H and O–H groups in total. The SMILES string of the molecule is C=IC(F)(F)C(F)(I)CC. The van der Waals surface area contributed by atoms with E-state index in [0.29, 0.717) is 0 Å². The molecule has 1 atom stereocenters. The highest BCUT2D eigenvalue weighted by molar-refractivity contribution is 14.2. The summed E-state index contributed by atoms with van der Waals surface area (Å²) in [6, 6.07) is 0. The van der Waals surface area contributed by atoms with Crippen LogP contribution in [0.15, 0.2) is 0 Å². The summed E-state index contributed by atoms with van der Waals surface area (Å²) in [6.45, 7) is 1.40. The summed E-state index contributed by atoms with van der Waals surface area (Å²) in [5.41, 5.74) is 0. The lowest BCUT2D eigenvalue weighted by Crippen LogP contribution is -2.32. The minimum atomic E-state index is -3.19. The summed E-state index contributed by atoms with van der Waals surface area (Å²) in [6.07, 6.45) is -0.171. The van der Waals surface area contributed by atoms with E-state index in [-0.39, 0.29) is 6.42 Å². The predicted molar refractivity (Wildman–Crippen MR) is 54.2 cm³/mol. The second-order valence-electron chi connectivity index (χ2n) is 1.69. The molecule has 0 spiro atoms. The molecule has 0 fully saturated rings. The molecule has 1 unspecified atom stereocenters. The molecule has 0 bridgehead atoms. The van der Waals surface area contributed by atoms with Crippen LogP contribution in [0.2, 0.25) is 0 Å². The molecular formula is C5H7F3I2. The van der Waals surface area contributed by atoms with Gasteiger partial charge in [0.15, 0.2) is 0 Å². The highest BCUT2D eigenvalue weighted by Gasteiger charge is 2.49. The van der Waals surface area contributed by atoms with Crippen LogP contribution in [0.4, 0.5) is 13.2 Å². The summed E-state index contributed by atoms with van der Waals surface area (Å²) in [4.78, 5) is 0. The molecule has 5 heteroatoms. The maximum absolute atomic E-state index is 12.8. The number of hydrogen-bond acceptors (Lipinski definition) is 0. The van der Waals surface area contributed by atoms with Crippen molar-refractivity contribution in [2.75, 3.05) is 0 Å². The van der Waals surface area contributed by atoms with Crippen LogP contribution in [0.25, 0.3) is 0 Å². The lowest BCUT2D eigenvalue weighted by atomic mass is 10.3. The van der Waals surface area contributed by atoms with Gasteiger partial charge in [0.1, 0.15) is 0 Å². The Hall–Kier alpha value is 1.12. The Kier molecular flexibility index (Phi) is 4.09. The van der Waals surface area contributed by atoms with Crippen molar-refractivity contribution in [1.82, 2.24) is 0 Å². The number of alkyl halides is 5. The monoisotopic (exact) mass is 378 g/mol. The molecule has 0 heterocycles.